The van der Waals surface area contributed by atoms with E-state index in [-0.39, 0.29) is 0 Å². The van der Waals surface area contributed by atoms with Gasteiger partial charge in [0.25, 0.3) is 0 Å². The van der Waals surface area contributed by atoms with Crippen LogP contribution in [0.1, 0.15) is 27.2 Å². The van der Waals surface area contributed by atoms with E-state index < -0.39 is 0 Å². The SMILES string of the molecule is CC(=O)CC(C)N1CCN(C)CC1C. The predicted octanol–water partition coefficient (Wildman–Crippen LogP) is 0.990. The Morgan fingerprint density at radius 1 is 1.50 bits per heavy atom. The molecule has 14 heavy (non-hydrogen) atoms. The van der Waals surface area contributed by atoms with Crippen molar-refractivity contribution in [2.24, 2.45) is 0 Å². The lowest BCUT2D eigenvalue weighted by Gasteiger charge is -2.41. The van der Waals surface area contributed by atoms with Crippen LogP contribution >= 0.6 is 0 Å². The molecule has 0 saturated carbocycles. The smallest absolute Gasteiger partial charge is 0.131 e. The molecule has 0 aromatic heterocycles. The Balaban J connectivity index is 2.46. The van der Waals surface area contributed by atoms with E-state index in [4.69, 9.17) is 0 Å². The molecule has 0 aromatic carbocycles. The maximum absolute atomic E-state index is 11.0. The van der Waals surface area contributed by atoms with Gasteiger partial charge in [-0.3, -0.25) is 9.69 Å². The summed E-state index contributed by atoms with van der Waals surface area (Å²) < 4.78 is 0. The zero-order chi connectivity index (χ0) is 10.7. The fraction of sp³-hybridized carbons (Fsp3) is 0.909. The molecule has 0 N–H and O–H groups in total. The second kappa shape index (κ2) is 4.89. The van der Waals surface area contributed by atoms with Crippen LogP contribution in [0.4, 0.5) is 0 Å². The fourth-order valence-electron chi connectivity index (χ4n) is 2.34. The van der Waals surface area contributed by atoms with Crippen molar-refractivity contribution in [3.63, 3.8) is 0 Å². The number of hydrogen-bond donors (Lipinski definition) is 0. The standard InChI is InChI=1S/C11H22N2O/c1-9(7-11(3)14)13-6-5-12(4)8-10(13)2/h9-10H,5-8H2,1-4H3. The third kappa shape index (κ3) is 3.07. The van der Waals surface area contributed by atoms with Gasteiger partial charge in [-0.2, -0.15) is 0 Å². The number of nitrogens with zero attached hydrogens (tertiary/aromatic N) is 2. The molecule has 1 aliphatic rings. The van der Waals surface area contributed by atoms with Crippen molar-refractivity contribution >= 4 is 5.78 Å². The summed E-state index contributed by atoms with van der Waals surface area (Å²) in [5.74, 6) is 0.295. The van der Waals surface area contributed by atoms with Crippen LogP contribution < -0.4 is 0 Å². The van der Waals surface area contributed by atoms with E-state index in [0.717, 1.165) is 19.6 Å². The zero-order valence-electron chi connectivity index (χ0n) is 9.79. The van der Waals surface area contributed by atoms with Crippen molar-refractivity contribution < 1.29 is 4.79 Å². The zero-order valence-corrected chi connectivity index (χ0v) is 9.79. The van der Waals surface area contributed by atoms with Gasteiger partial charge in [-0.15, -0.1) is 0 Å². The van der Waals surface area contributed by atoms with Gasteiger partial charge >= 0.3 is 0 Å². The molecule has 2 atom stereocenters. The Labute approximate surface area is 87.1 Å². The van der Waals surface area contributed by atoms with Crippen LogP contribution in [0, 0.1) is 0 Å². The largest absolute Gasteiger partial charge is 0.304 e. The van der Waals surface area contributed by atoms with Crippen molar-refractivity contribution in [1.82, 2.24) is 9.80 Å². The number of rotatable bonds is 3. The lowest BCUT2D eigenvalue weighted by molar-refractivity contribution is -0.118. The molecule has 0 radical (unpaired) electrons. The number of hydrogen-bond acceptors (Lipinski definition) is 3. The maximum atomic E-state index is 11.0. The monoisotopic (exact) mass is 198 g/mol. The lowest BCUT2D eigenvalue weighted by atomic mass is 10.1. The molecular formula is C11H22N2O. The van der Waals surface area contributed by atoms with Gasteiger partial charge < -0.3 is 4.90 Å². The first-order valence-electron chi connectivity index (χ1n) is 5.44. The number of carbonyl (C=O) groups excluding carboxylic acids is 1. The van der Waals surface area contributed by atoms with E-state index in [1.165, 1.54) is 0 Å². The summed E-state index contributed by atoms with van der Waals surface area (Å²) in [5.41, 5.74) is 0. The second-order valence-corrected chi connectivity index (χ2v) is 4.60. The van der Waals surface area contributed by atoms with Gasteiger partial charge in [0, 0.05) is 38.1 Å². The van der Waals surface area contributed by atoms with Crippen LogP contribution in [0.15, 0.2) is 0 Å². The summed E-state index contributed by atoms with van der Waals surface area (Å²) in [4.78, 5) is 15.8. The van der Waals surface area contributed by atoms with E-state index in [1.807, 2.05) is 0 Å². The molecule has 82 valence electrons. The quantitative estimate of drug-likeness (QED) is 0.675. The van der Waals surface area contributed by atoms with Crippen LogP contribution in [-0.2, 0) is 4.79 Å². The lowest BCUT2D eigenvalue weighted by Crippen LogP contribution is -2.53. The molecule has 0 aromatic rings. The third-order valence-corrected chi connectivity index (χ3v) is 3.03. The highest BCUT2D eigenvalue weighted by atomic mass is 16.1. The first-order valence-corrected chi connectivity index (χ1v) is 5.44. The topological polar surface area (TPSA) is 23.6 Å². The molecule has 1 rings (SSSR count). The maximum Gasteiger partial charge on any atom is 0.131 e. The highest BCUT2D eigenvalue weighted by Gasteiger charge is 2.25. The summed E-state index contributed by atoms with van der Waals surface area (Å²) in [6.45, 7) is 9.40. The van der Waals surface area contributed by atoms with E-state index in [9.17, 15) is 4.79 Å². The molecule has 0 aliphatic carbocycles. The Bertz CT molecular complexity index is 205. The number of ketones is 1. The molecular weight excluding hydrogens is 176 g/mol. The van der Waals surface area contributed by atoms with E-state index >= 15 is 0 Å². The van der Waals surface area contributed by atoms with Crippen LogP contribution in [0.2, 0.25) is 0 Å². The summed E-state index contributed by atoms with van der Waals surface area (Å²) >= 11 is 0. The average Bonchev–Trinajstić information content (AvgIpc) is 2.01. The van der Waals surface area contributed by atoms with Crippen LogP contribution in [0.25, 0.3) is 0 Å². The minimum absolute atomic E-state index is 0.295. The third-order valence-electron chi connectivity index (χ3n) is 3.03. The minimum atomic E-state index is 0.295. The van der Waals surface area contributed by atoms with Crippen LogP contribution in [0.3, 0.4) is 0 Å². The van der Waals surface area contributed by atoms with Gasteiger partial charge in [0.2, 0.25) is 0 Å². The fourth-order valence-corrected chi connectivity index (χ4v) is 2.34. The second-order valence-electron chi connectivity index (χ2n) is 4.60. The Hall–Kier alpha value is -0.410. The minimum Gasteiger partial charge on any atom is -0.304 e. The Kier molecular flexibility index (Phi) is 4.08. The number of piperazine rings is 1. The predicted molar refractivity (Wildman–Crippen MR) is 58.4 cm³/mol. The molecule has 1 fully saturated rings. The van der Waals surface area contributed by atoms with Crippen molar-refractivity contribution in [3.8, 4) is 0 Å². The molecule has 1 heterocycles. The molecule has 0 spiro atoms. The van der Waals surface area contributed by atoms with Gasteiger partial charge in [-0.25, -0.2) is 0 Å². The van der Waals surface area contributed by atoms with Crippen molar-refractivity contribution in [2.45, 2.75) is 39.3 Å². The molecule has 3 heteroatoms. The summed E-state index contributed by atoms with van der Waals surface area (Å²) in [6, 6.07) is 0.972. The summed E-state index contributed by atoms with van der Waals surface area (Å²) in [5, 5.41) is 0. The van der Waals surface area contributed by atoms with Crippen molar-refractivity contribution in [3.05, 3.63) is 0 Å². The van der Waals surface area contributed by atoms with Gasteiger partial charge in [0.1, 0.15) is 5.78 Å². The molecule has 1 saturated heterocycles. The normalized spacial score (nSPS) is 27.6. The molecule has 1 aliphatic heterocycles. The highest BCUT2D eigenvalue weighted by Crippen LogP contribution is 2.14. The first-order chi connectivity index (χ1) is 6.50. The first kappa shape index (κ1) is 11.7. The van der Waals surface area contributed by atoms with Crippen molar-refractivity contribution in [2.75, 3.05) is 26.7 Å². The molecule has 0 bridgehead atoms. The van der Waals surface area contributed by atoms with Crippen LogP contribution in [-0.4, -0.2) is 54.3 Å². The van der Waals surface area contributed by atoms with Gasteiger partial charge in [0.05, 0.1) is 0 Å². The number of likely N-dealkylation sites (N-methyl/N-ethyl adjacent to an activating group) is 1. The average molecular weight is 198 g/mol. The molecule has 3 nitrogen and oxygen atoms in total. The summed E-state index contributed by atoms with van der Waals surface area (Å²) in [7, 11) is 2.16. The van der Waals surface area contributed by atoms with E-state index in [1.54, 1.807) is 6.92 Å². The highest BCUT2D eigenvalue weighted by molar-refractivity contribution is 5.76. The number of Topliss-reactive ketones (excluding diaryl/α,β-unsaturated/α-hetero) is 1. The van der Waals surface area contributed by atoms with E-state index in [0.29, 0.717) is 24.3 Å². The Morgan fingerprint density at radius 2 is 2.14 bits per heavy atom. The molecule has 0 amide bonds. The van der Waals surface area contributed by atoms with Gasteiger partial charge in [-0.1, -0.05) is 0 Å². The summed E-state index contributed by atoms with van der Waals surface area (Å²) in [6.07, 6.45) is 0.689. The molecule has 2 unspecified atom stereocenters. The Morgan fingerprint density at radius 3 is 2.64 bits per heavy atom. The van der Waals surface area contributed by atoms with Gasteiger partial charge in [-0.05, 0) is 27.8 Å². The van der Waals surface area contributed by atoms with Gasteiger partial charge in [0.15, 0.2) is 0 Å². The number of carbonyl (C=O) groups is 1. The van der Waals surface area contributed by atoms with E-state index in [2.05, 4.69) is 30.7 Å². The van der Waals surface area contributed by atoms with Crippen LogP contribution in [0.5, 0.6) is 0 Å². The van der Waals surface area contributed by atoms with Crippen molar-refractivity contribution in [1.29, 1.82) is 0 Å².